The molecule has 0 aromatic heterocycles. The summed E-state index contributed by atoms with van der Waals surface area (Å²) >= 11 is 6.37. The van der Waals surface area contributed by atoms with E-state index in [0.717, 1.165) is 21.9 Å². The predicted molar refractivity (Wildman–Crippen MR) is 156 cm³/mol. The van der Waals surface area contributed by atoms with Crippen LogP contribution in [0.2, 0.25) is 5.02 Å². The molecule has 0 spiro atoms. The number of nitrogens with zero attached hydrogens (tertiary/aromatic N) is 2. The van der Waals surface area contributed by atoms with E-state index in [9.17, 15) is 18.0 Å². The summed E-state index contributed by atoms with van der Waals surface area (Å²) < 4.78 is 29.0. The Kier molecular flexibility index (Phi) is 10.2. The van der Waals surface area contributed by atoms with Gasteiger partial charge in [-0.25, -0.2) is 8.42 Å². The van der Waals surface area contributed by atoms with Crippen LogP contribution >= 0.6 is 11.6 Å². The minimum absolute atomic E-state index is 0.0532. The van der Waals surface area contributed by atoms with E-state index in [-0.39, 0.29) is 23.4 Å². The fourth-order valence-corrected chi connectivity index (χ4v) is 5.69. The van der Waals surface area contributed by atoms with Gasteiger partial charge in [0.15, 0.2) is 0 Å². The van der Waals surface area contributed by atoms with Crippen LogP contribution in [-0.2, 0) is 26.2 Å². The lowest BCUT2D eigenvalue weighted by Crippen LogP contribution is -2.52. The van der Waals surface area contributed by atoms with Gasteiger partial charge in [-0.2, -0.15) is 0 Å². The molecule has 3 aromatic rings. The maximum Gasteiger partial charge on any atom is 0.264 e. The van der Waals surface area contributed by atoms with E-state index in [0.29, 0.717) is 16.3 Å². The molecule has 9 heteroatoms. The maximum atomic E-state index is 14.0. The van der Waals surface area contributed by atoms with Gasteiger partial charge in [-0.15, -0.1) is 0 Å². The summed E-state index contributed by atoms with van der Waals surface area (Å²) in [7, 11) is -4.15. The summed E-state index contributed by atoms with van der Waals surface area (Å²) in [5.74, 6) is -0.818. The third-order valence-corrected chi connectivity index (χ3v) is 8.94. The largest absolute Gasteiger partial charge is 0.352 e. The molecule has 0 saturated carbocycles. The van der Waals surface area contributed by atoms with E-state index in [4.69, 9.17) is 11.6 Å². The van der Waals surface area contributed by atoms with Gasteiger partial charge in [0.1, 0.15) is 12.6 Å². The number of hydrogen-bond donors (Lipinski definition) is 1. The highest BCUT2D eigenvalue weighted by Gasteiger charge is 2.33. The summed E-state index contributed by atoms with van der Waals surface area (Å²) in [6.45, 7) is 8.72. The van der Waals surface area contributed by atoms with Crippen LogP contribution in [0.25, 0.3) is 0 Å². The van der Waals surface area contributed by atoms with Crippen molar-refractivity contribution in [1.29, 1.82) is 0 Å². The number of halogens is 1. The molecule has 1 N–H and O–H groups in total. The molecule has 0 saturated heterocycles. The number of amides is 2. The van der Waals surface area contributed by atoms with Crippen molar-refractivity contribution in [2.45, 2.75) is 64.6 Å². The highest BCUT2D eigenvalue weighted by Crippen LogP contribution is 2.31. The van der Waals surface area contributed by atoms with Crippen molar-refractivity contribution in [3.05, 3.63) is 94.5 Å². The van der Waals surface area contributed by atoms with Crippen molar-refractivity contribution >= 4 is 39.1 Å². The second kappa shape index (κ2) is 13.1. The molecule has 0 fully saturated rings. The summed E-state index contributed by atoms with van der Waals surface area (Å²) in [5.41, 5.74) is 2.55. The number of sulfonamides is 1. The Morgan fingerprint density at radius 1 is 0.923 bits per heavy atom. The van der Waals surface area contributed by atoms with Crippen molar-refractivity contribution in [3.63, 3.8) is 0 Å². The Bertz CT molecular complexity index is 1400. The zero-order chi connectivity index (χ0) is 28.7. The second-order valence-electron chi connectivity index (χ2n) is 9.71. The smallest absolute Gasteiger partial charge is 0.264 e. The predicted octanol–water partition coefficient (Wildman–Crippen LogP) is 5.48. The van der Waals surface area contributed by atoms with Crippen LogP contribution in [0.3, 0.4) is 0 Å². The number of carbonyl (C=O) groups excluding carboxylic acids is 2. The number of hydrogen-bond acceptors (Lipinski definition) is 4. The minimum Gasteiger partial charge on any atom is -0.352 e. The standard InChI is InChI=1S/C30H36ClN3O4S/c1-6-22(3)32-30(36)24(5)33(19-25-11-8-7-9-12-25)29(35)20-34(28-14-10-13-27(31)23(28)4)39(37,38)26-17-15-21(2)16-18-26/h7-18,22,24H,6,19-20H2,1-5H3,(H,32,36)/t22-,24+/m0/s1. The number of anilines is 1. The molecule has 0 unspecified atom stereocenters. The maximum absolute atomic E-state index is 14.0. The van der Waals surface area contributed by atoms with Crippen molar-refractivity contribution in [2.75, 3.05) is 10.8 Å². The molecular formula is C30H36ClN3O4S. The van der Waals surface area contributed by atoms with E-state index in [1.807, 2.05) is 51.1 Å². The second-order valence-corrected chi connectivity index (χ2v) is 12.0. The first-order valence-corrected chi connectivity index (χ1v) is 14.8. The van der Waals surface area contributed by atoms with Crippen LogP contribution in [0.5, 0.6) is 0 Å². The van der Waals surface area contributed by atoms with E-state index in [2.05, 4.69) is 5.32 Å². The average molecular weight is 570 g/mol. The van der Waals surface area contributed by atoms with Crippen molar-refractivity contribution in [1.82, 2.24) is 10.2 Å². The first kappa shape index (κ1) is 30.2. The SMILES string of the molecule is CC[C@H](C)NC(=O)[C@@H](C)N(Cc1ccccc1)C(=O)CN(c1cccc(Cl)c1C)S(=O)(=O)c1ccc(C)cc1. The third kappa shape index (κ3) is 7.40. The molecular weight excluding hydrogens is 534 g/mol. The quantitative estimate of drug-likeness (QED) is 0.331. The van der Waals surface area contributed by atoms with E-state index in [1.54, 1.807) is 44.2 Å². The van der Waals surface area contributed by atoms with Crippen LogP contribution in [-0.4, -0.2) is 43.8 Å². The zero-order valence-electron chi connectivity index (χ0n) is 23.0. The molecule has 208 valence electrons. The van der Waals surface area contributed by atoms with Crippen LogP contribution < -0.4 is 9.62 Å². The van der Waals surface area contributed by atoms with Gasteiger partial charge in [0.2, 0.25) is 11.8 Å². The number of benzene rings is 3. The first-order valence-electron chi connectivity index (χ1n) is 12.9. The fourth-order valence-electron chi connectivity index (χ4n) is 4.05. The molecule has 2 amide bonds. The normalized spacial score (nSPS) is 12.9. The summed E-state index contributed by atoms with van der Waals surface area (Å²) in [4.78, 5) is 28.5. The van der Waals surface area contributed by atoms with Crippen molar-refractivity contribution in [3.8, 4) is 0 Å². The molecule has 3 aromatic carbocycles. The van der Waals surface area contributed by atoms with Gasteiger partial charge in [-0.05, 0) is 69.5 Å². The first-order chi connectivity index (χ1) is 18.4. The molecule has 0 aliphatic rings. The lowest BCUT2D eigenvalue weighted by Gasteiger charge is -2.33. The average Bonchev–Trinajstić information content (AvgIpc) is 2.92. The van der Waals surface area contributed by atoms with E-state index < -0.39 is 28.5 Å². The highest BCUT2D eigenvalue weighted by atomic mass is 35.5. The minimum atomic E-state index is -4.15. The van der Waals surface area contributed by atoms with Gasteiger partial charge in [0.25, 0.3) is 10.0 Å². The Balaban J connectivity index is 2.05. The molecule has 0 aliphatic carbocycles. The van der Waals surface area contributed by atoms with Crippen molar-refractivity contribution in [2.24, 2.45) is 0 Å². The Morgan fingerprint density at radius 3 is 2.18 bits per heavy atom. The van der Waals surface area contributed by atoms with Crippen molar-refractivity contribution < 1.29 is 18.0 Å². The lowest BCUT2D eigenvalue weighted by molar-refractivity contribution is -0.139. The fraction of sp³-hybridized carbons (Fsp3) is 0.333. The molecule has 3 rings (SSSR count). The van der Waals surface area contributed by atoms with Crippen LogP contribution in [0, 0.1) is 13.8 Å². The molecule has 39 heavy (non-hydrogen) atoms. The monoisotopic (exact) mass is 569 g/mol. The number of carbonyl (C=O) groups is 2. The van der Waals surface area contributed by atoms with Crippen LogP contribution in [0.15, 0.2) is 77.7 Å². The van der Waals surface area contributed by atoms with Gasteiger partial charge < -0.3 is 10.2 Å². The Morgan fingerprint density at radius 2 is 1.56 bits per heavy atom. The van der Waals surface area contributed by atoms with Gasteiger partial charge in [-0.3, -0.25) is 13.9 Å². The molecule has 0 aliphatic heterocycles. The van der Waals surface area contributed by atoms with E-state index in [1.165, 1.54) is 17.0 Å². The molecule has 2 atom stereocenters. The van der Waals surface area contributed by atoms with E-state index >= 15 is 0 Å². The topological polar surface area (TPSA) is 86.8 Å². The Labute approximate surface area is 236 Å². The highest BCUT2D eigenvalue weighted by molar-refractivity contribution is 7.92. The third-order valence-electron chi connectivity index (χ3n) is 6.76. The molecule has 0 bridgehead atoms. The lowest BCUT2D eigenvalue weighted by atomic mass is 10.1. The Hall–Kier alpha value is -3.36. The van der Waals surface area contributed by atoms with Gasteiger partial charge in [0, 0.05) is 17.6 Å². The summed E-state index contributed by atoms with van der Waals surface area (Å²) in [5, 5.41) is 3.31. The number of aryl methyl sites for hydroxylation is 1. The summed E-state index contributed by atoms with van der Waals surface area (Å²) in [6, 6.07) is 19.8. The van der Waals surface area contributed by atoms with Crippen LogP contribution in [0.1, 0.15) is 43.9 Å². The molecule has 7 nitrogen and oxygen atoms in total. The zero-order valence-corrected chi connectivity index (χ0v) is 24.6. The molecule has 0 heterocycles. The van der Waals surface area contributed by atoms with Gasteiger partial charge in [0.05, 0.1) is 10.6 Å². The van der Waals surface area contributed by atoms with Gasteiger partial charge in [-0.1, -0.05) is 72.6 Å². The number of rotatable bonds is 11. The van der Waals surface area contributed by atoms with Crippen LogP contribution in [0.4, 0.5) is 5.69 Å². The van der Waals surface area contributed by atoms with Gasteiger partial charge >= 0.3 is 0 Å². The number of nitrogens with one attached hydrogen (secondary N) is 1. The molecule has 0 radical (unpaired) electrons. The summed E-state index contributed by atoms with van der Waals surface area (Å²) in [6.07, 6.45) is 0.738.